The second-order valence-electron chi connectivity index (χ2n) is 5.09. The number of rotatable bonds is 4. The Balaban J connectivity index is 2.42. The van der Waals surface area contributed by atoms with Crippen LogP contribution in [-0.4, -0.2) is 6.54 Å². The Morgan fingerprint density at radius 1 is 1.16 bits per heavy atom. The van der Waals surface area contributed by atoms with Gasteiger partial charge in [0.1, 0.15) is 5.82 Å². The van der Waals surface area contributed by atoms with Crippen LogP contribution in [0.2, 0.25) is 0 Å². The predicted octanol–water partition coefficient (Wildman–Crippen LogP) is 4.25. The molecule has 1 atom stereocenters. The summed E-state index contributed by atoms with van der Waals surface area (Å²) in [6.45, 7) is 4.79. The van der Waals surface area contributed by atoms with E-state index in [0.717, 1.165) is 23.1 Å². The summed E-state index contributed by atoms with van der Waals surface area (Å²) in [4.78, 5) is 0. The van der Waals surface area contributed by atoms with Crippen LogP contribution >= 0.6 is 0 Å². The van der Waals surface area contributed by atoms with Gasteiger partial charge in [0.25, 0.3) is 0 Å². The summed E-state index contributed by atoms with van der Waals surface area (Å²) in [7, 11) is 0. The quantitative estimate of drug-likeness (QED) is 0.870. The fraction of sp³-hybridized carbons (Fsp3) is 0.294. The van der Waals surface area contributed by atoms with E-state index in [1.807, 2.05) is 43.3 Å². The van der Waals surface area contributed by atoms with Crippen LogP contribution in [0.3, 0.4) is 0 Å². The molecule has 0 saturated carbocycles. The predicted molar refractivity (Wildman–Crippen MR) is 78.7 cm³/mol. The van der Waals surface area contributed by atoms with E-state index in [-0.39, 0.29) is 5.82 Å². The summed E-state index contributed by atoms with van der Waals surface area (Å²) in [5.41, 5.74) is 9.47. The van der Waals surface area contributed by atoms with Crippen molar-refractivity contribution < 1.29 is 4.39 Å². The summed E-state index contributed by atoms with van der Waals surface area (Å²) in [5.74, 6) is 0.184. The zero-order chi connectivity index (χ0) is 13.8. The molecule has 0 aliphatic heterocycles. The van der Waals surface area contributed by atoms with Crippen LogP contribution in [0.25, 0.3) is 11.1 Å². The third-order valence-corrected chi connectivity index (χ3v) is 3.49. The van der Waals surface area contributed by atoms with E-state index in [1.165, 1.54) is 0 Å². The molecule has 0 fully saturated rings. The van der Waals surface area contributed by atoms with Gasteiger partial charge in [-0.05, 0) is 49.1 Å². The molecule has 19 heavy (non-hydrogen) atoms. The van der Waals surface area contributed by atoms with E-state index in [9.17, 15) is 4.39 Å². The number of hydrogen-bond acceptors (Lipinski definition) is 1. The van der Waals surface area contributed by atoms with Crippen LogP contribution in [0.5, 0.6) is 0 Å². The number of aryl methyl sites for hydroxylation is 1. The van der Waals surface area contributed by atoms with Gasteiger partial charge in [-0.15, -0.1) is 0 Å². The Morgan fingerprint density at radius 2 is 1.95 bits per heavy atom. The van der Waals surface area contributed by atoms with Crippen molar-refractivity contribution in [2.24, 2.45) is 5.73 Å². The molecular weight excluding hydrogens is 237 g/mol. The Labute approximate surface area is 114 Å². The number of halogens is 1. The smallest absolute Gasteiger partial charge is 0.131 e. The van der Waals surface area contributed by atoms with E-state index in [2.05, 4.69) is 6.92 Å². The molecule has 1 unspecified atom stereocenters. The number of hydrogen-bond donors (Lipinski definition) is 1. The Morgan fingerprint density at radius 3 is 2.63 bits per heavy atom. The Kier molecular flexibility index (Phi) is 4.33. The second kappa shape index (κ2) is 5.98. The average molecular weight is 257 g/mol. The molecule has 0 aromatic heterocycles. The highest BCUT2D eigenvalue weighted by Crippen LogP contribution is 2.28. The topological polar surface area (TPSA) is 26.0 Å². The summed E-state index contributed by atoms with van der Waals surface area (Å²) >= 11 is 0. The van der Waals surface area contributed by atoms with Crippen LogP contribution in [0.1, 0.15) is 30.4 Å². The van der Waals surface area contributed by atoms with Crippen molar-refractivity contribution in [2.45, 2.75) is 26.2 Å². The first-order valence-corrected chi connectivity index (χ1v) is 6.68. The molecule has 2 heteroatoms. The van der Waals surface area contributed by atoms with Crippen LogP contribution in [0, 0.1) is 12.7 Å². The number of benzene rings is 2. The molecule has 0 heterocycles. The fourth-order valence-electron chi connectivity index (χ4n) is 2.30. The molecule has 2 N–H and O–H groups in total. The van der Waals surface area contributed by atoms with Crippen LogP contribution in [-0.2, 0) is 0 Å². The second-order valence-corrected chi connectivity index (χ2v) is 5.09. The minimum Gasteiger partial charge on any atom is -0.330 e. The summed E-state index contributed by atoms with van der Waals surface area (Å²) in [6, 6.07) is 13.3. The van der Waals surface area contributed by atoms with Crippen LogP contribution in [0.4, 0.5) is 4.39 Å². The molecule has 2 aromatic rings. The van der Waals surface area contributed by atoms with Gasteiger partial charge in [-0.1, -0.05) is 42.8 Å². The minimum atomic E-state index is -0.172. The molecule has 0 spiro atoms. The highest BCUT2D eigenvalue weighted by Gasteiger charge is 2.10. The molecular formula is C17H20FN. The van der Waals surface area contributed by atoms with Gasteiger partial charge in [-0.2, -0.15) is 0 Å². The molecule has 0 aliphatic carbocycles. The maximum Gasteiger partial charge on any atom is 0.131 e. The standard InChI is InChI=1S/C17H20FN/c1-12-4-3-5-15(10-12)16-11-14(6-7-17(16)18)13(2)8-9-19/h3-7,10-11,13H,8-9,19H2,1-2H3. The van der Waals surface area contributed by atoms with Gasteiger partial charge in [-0.25, -0.2) is 4.39 Å². The van der Waals surface area contributed by atoms with Crippen molar-refractivity contribution >= 4 is 0 Å². The van der Waals surface area contributed by atoms with Crippen molar-refractivity contribution in [3.63, 3.8) is 0 Å². The average Bonchev–Trinajstić information content (AvgIpc) is 2.39. The highest BCUT2D eigenvalue weighted by molar-refractivity contribution is 5.65. The van der Waals surface area contributed by atoms with Gasteiger partial charge in [0.15, 0.2) is 0 Å². The molecule has 0 aliphatic rings. The van der Waals surface area contributed by atoms with Crippen molar-refractivity contribution in [2.75, 3.05) is 6.54 Å². The Hall–Kier alpha value is -1.67. The third kappa shape index (κ3) is 3.21. The maximum atomic E-state index is 14.0. The van der Waals surface area contributed by atoms with Crippen molar-refractivity contribution in [1.82, 2.24) is 0 Å². The van der Waals surface area contributed by atoms with E-state index < -0.39 is 0 Å². The number of nitrogens with two attached hydrogens (primary N) is 1. The summed E-state index contributed by atoms with van der Waals surface area (Å²) in [6.07, 6.45) is 0.916. The molecule has 0 amide bonds. The molecule has 100 valence electrons. The van der Waals surface area contributed by atoms with Crippen molar-refractivity contribution in [1.29, 1.82) is 0 Å². The lowest BCUT2D eigenvalue weighted by atomic mass is 9.93. The molecule has 1 nitrogen and oxygen atoms in total. The van der Waals surface area contributed by atoms with E-state index in [4.69, 9.17) is 5.73 Å². The van der Waals surface area contributed by atoms with E-state index in [0.29, 0.717) is 18.0 Å². The lowest BCUT2D eigenvalue weighted by molar-refractivity contribution is 0.627. The van der Waals surface area contributed by atoms with Gasteiger partial charge in [0.05, 0.1) is 0 Å². The van der Waals surface area contributed by atoms with E-state index in [1.54, 1.807) is 6.07 Å². The normalized spacial score (nSPS) is 12.4. The lowest BCUT2D eigenvalue weighted by Crippen LogP contribution is -2.04. The lowest BCUT2D eigenvalue weighted by Gasteiger charge is -2.13. The SMILES string of the molecule is Cc1cccc(-c2cc(C(C)CCN)ccc2F)c1. The van der Waals surface area contributed by atoms with Crippen molar-refractivity contribution in [3.8, 4) is 11.1 Å². The van der Waals surface area contributed by atoms with Crippen molar-refractivity contribution in [3.05, 3.63) is 59.4 Å². The molecule has 0 radical (unpaired) electrons. The monoisotopic (exact) mass is 257 g/mol. The summed E-state index contributed by atoms with van der Waals surface area (Å²) < 4.78 is 14.0. The minimum absolute atomic E-state index is 0.172. The maximum absolute atomic E-state index is 14.0. The van der Waals surface area contributed by atoms with E-state index >= 15 is 0 Å². The Bertz CT molecular complexity index is 563. The third-order valence-electron chi connectivity index (χ3n) is 3.49. The van der Waals surface area contributed by atoms with Gasteiger partial charge >= 0.3 is 0 Å². The summed E-state index contributed by atoms with van der Waals surface area (Å²) in [5, 5.41) is 0. The van der Waals surface area contributed by atoms with Crippen LogP contribution < -0.4 is 5.73 Å². The fourth-order valence-corrected chi connectivity index (χ4v) is 2.30. The molecule has 0 saturated heterocycles. The molecule has 2 aromatic carbocycles. The largest absolute Gasteiger partial charge is 0.330 e. The first-order chi connectivity index (χ1) is 9.11. The van der Waals surface area contributed by atoms with Gasteiger partial charge in [-0.3, -0.25) is 0 Å². The zero-order valence-corrected chi connectivity index (χ0v) is 11.5. The molecule has 0 bridgehead atoms. The van der Waals surface area contributed by atoms with Gasteiger partial charge < -0.3 is 5.73 Å². The van der Waals surface area contributed by atoms with Gasteiger partial charge in [0.2, 0.25) is 0 Å². The van der Waals surface area contributed by atoms with Crippen LogP contribution in [0.15, 0.2) is 42.5 Å². The zero-order valence-electron chi connectivity index (χ0n) is 11.5. The highest BCUT2D eigenvalue weighted by atomic mass is 19.1. The molecule has 2 rings (SSSR count). The van der Waals surface area contributed by atoms with Gasteiger partial charge in [0, 0.05) is 5.56 Å². The first kappa shape index (κ1) is 13.8. The first-order valence-electron chi connectivity index (χ1n) is 6.68.